The third-order valence-corrected chi connectivity index (χ3v) is 6.47. The van der Waals surface area contributed by atoms with Crippen molar-refractivity contribution in [3.05, 3.63) is 23.3 Å². The number of allylic oxidation sites excluding steroid dienone is 2. The molecule has 0 aromatic carbocycles. The summed E-state index contributed by atoms with van der Waals surface area (Å²) in [6.45, 7) is 11.5. The molecule has 136 valence electrons. The van der Waals surface area contributed by atoms with Gasteiger partial charge >= 0.3 is 5.97 Å². The molecule has 5 atom stereocenters. The van der Waals surface area contributed by atoms with E-state index in [4.69, 9.17) is 4.74 Å². The van der Waals surface area contributed by atoms with Gasteiger partial charge in [0, 0.05) is 23.3 Å². The molecule has 0 heterocycles. The summed E-state index contributed by atoms with van der Waals surface area (Å²) in [6, 6.07) is 0. The topological polar surface area (TPSA) is 66.8 Å². The van der Waals surface area contributed by atoms with Crippen molar-refractivity contribution in [2.24, 2.45) is 17.3 Å². The highest BCUT2D eigenvalue weighted by atomic mass is 16.5. The van der Waals surface area contributed by atoms with Crippen LogP contribution in [0.2, 0.25) is 0 Å². The molecule has 2 aliphatic carbocycles. The average Bonchev–Trinajstić information content (AvgIpc) is 2.65. The van der Waals surface area contributed by atoms with E-state index in [0.29, 0.717) is 12.0 Å². The molecule has 0 amide bonds. The molecule has 4 heteroatoms. The fourth-order valence-electron chi connectivity index (χ4n) is 4.43. The lowest BCUT2D eigenvalue weighted by Gasteiger charge is -2.42. The molecule has 0 radical (unpaired) electrons. The van der Waals surface area contributed by atoms with E-state index in [1.54, 1.807) is 19.9 Å². The highest BCUT2D eigenvalue weighted by Crippen LogP contribution is 2.58. The Kier molecular flexibility index (Phi) is 5.31. The summed E-state index contributed by atoms with van der Waals surface area (Å²) < 4.78 is 5.79. The van der Waals surface area contributed by atoms with Crippen LogP contribution in [0.1, 0.15) is 60.8 Å². The second-order valence-corrected chi connectivity index (χ2v) is 8.13. The number of hydrogen-bond donors (Lipinski definition) is 2. The van der Waals surface area contributed by atoms with Crippen molar-refractivity contribution in [1.29, 1.82) is 0 Å². The van der Waals surface area contributed by atoms with Crippen LogP contribution < -0.4 is 0 Å². The number of rotatable bonds is 3. The summed E-state index contributed by atoms with van der Waals surface area (Å²) in [5, 5.41) is 22.3. The van der Waals surface area contributed by atoms with Gasteiger partial charge < -0.3 is 14.9 Å². The van der Waals surface area contributed by atoms with Gasteiger partial charge in [-0.2, -0.15) is 0 Å². The number of hydrogen-bond acceptors (Lipinski definition) is 4. The first-order valence-corrected chi connectivity index (χ1v) is 8.99. The smallest absolute Gasteiger partial charge is 0.333 e. The van der Waals surface area contributed by atoms with Crippen LogP contribution in [0.4, 0.5) is 0 Å². The van der Waals surface area contributed by atoms with Crippen LogP contribution in [-0.2, 0) is 9.53 Å². The Morgan fingerprint density at radius 3 is 2.62 bits per heavy atom. The second kappa shape index (κ2) is 6.64. The Labute approximate surface area is 145 Å². The van der Waals surface area contributed by atoms with Gasteiger partial charge in [-0.3, -0.25) is 0 Å². The van der Waals surface area contributed by atoms with Crippen LogP contribution >= 0.6 is 0 Å². The minimum atomic E-state index is -0.941. The first-order chi connectivity index (χ1) is 11.1. The summed E-state index contributed by atoms with van der Waals surface area (Å²) in [7, 11) is 0. The lowest BCUT2D eigenvalue weighted by atomic mass is 9.67. The van der Waals surface area contributed by atoms with Gasteiger partial charge in [-0.1, -0.05) is 38.5 Å². The SMILES string of the molecule is C/C=C(\C)C(=O)O[C@@H]1C[C@@](O)(C(C)C)[C@@H]2CCC(C)=C[C@@H](O)[C@]21C. The molecule has 1 saturated carbocycles. The number of carbonyl (C=O) groups excluding carboxylic acids is 1. The Morgan fingerprint density at radius 1 is 1.46 bits per heavy atom. The largest absolute Gasteiger partial charge is 0.458 e. The quantitative estimate of drug-likeness (QED) is 0.471. The Hall–Kier alpha value is -1.13. The van der Waals surface area contributed by atoms with Crippen LogP contribution in [0.3, 0.4) is 0 Å². The Balaban J connectivity index is 2.45. The normalized spacial score (nSPS) is 40.1. The van der Waals surface area contributed by atoms with E-state index >= 15 is 0 Å². The minimum Gasteiger partial charge on any atom is -0.458 e. The fraction of sp³-hybridized carbons (Fsp3) is 0.750. The highest BCUT2D eigenvalue weighted by Gasteiger charge is 2.64. The number of aliphatic hydroxyl groups excluding tert-OH is 1. The first-order valence-electron chi connectivity index (χ1n) is 8.99. The van der Waals surface area contributed by atoms with Gasteiger partial charge in [0.05, 0.1) is 11.7 Å². The minimum absolute atomic E-state index is 0.0268. The molecule has 24 heavy (non-hydrogen) atoms. The van der Waals surface area contributed by atoms with Crippen LogP contribution in [0.15, 0.2) is 23.3 Å². The zero-order chi connectivity index (χ0) is 18.3. The molecule has 0 bridgehead atoms. The number of carbonyl (C=O) groups is 1. The van der Waals surface area contributed by atoms with Crippen LogP contribution in [0, 0.1) is 17.3 Å². The molecule has 0 aromatic heterocycles. The average molecular weight is 336 g/mol. The van der Waals surface area contributed by atoms with E-state index in [1.165, 1.54) is 0 Å². The molecular weight excluding hydrogens is 304 g/mol. The summed E-state index contributed by atoms with van der Waals surface area (Å²) in [5.41, 5.74) is 0.0487. The number of fused-ring (bicyclic) bond motifs is 1. The molecule has 0 aliphatic heterocycles. The van der Waals surface area contributed by atoms with E-state index in [2.05, 4.69) is 0 Å². The summed E-state index contributed by atoms with van der Waals surface area (Å²) >= 11 is 0. The second-order valence-electron chi connectivity index (χ2n) is 8.13. The van der Waals surface area contributed by atoms with Gasteiger partial charge in [0.2, 0.25) is 0 Å². The standard InChI is InChI=1S/C20H32O4/c1-7-14(5)18(22)24-17-11-20(23,12(2)3)15-9-8-13(4)10-16(21)19(15,17)6/h7,10,12,15-17,21,23H,8-9,11H2,1-6H3/b14-7+/t15-,16-,17-,19+,20-/m1/s1. The molecule has 4 nitrogen and oxygen atoms in total. The van der Waals surface area contributed by atoms with Crippen molar-refractivity contribution in [2.45, 2.75) is 78.6 Å². The maximum Gasteiger partial charge on any atom is 0.333 e. The van der Waals surface area contributed by atoms with Crippen molar-refractivity contribution in [3.8, 4) is 0 Å². The third-order valence-electron chi connectivity index (χ3n) is 6.47. The van der Waals surface area contributed by atoms with Crippen LogP contribution in [0.5, 0.6) is 0 Å². The predicted octanol–water partition coefficient (Wildman–Crippen LogP) is 3.38. The molecule has 1 fully saturated rings. The Morgan fingerprint density at radius 2 is 2.08 bits per heavy atom. The summed E-state index contributed by atoms with van der Waals surface area (Å²) in [4.78, 5) is 12.3. The Bertz CT molecular complexity index is 562. The third kappa shape index (κ3) is 2.95. The molecule has 0 saturated heterocycles. The molecule has 2 rings (SSSR count). The maximum atomic E-state index is 12.3. The maximum absolute atomic E-state index is 12.3. The lowest BCUT2D eigenvalue weighted by molar-refractivity contribution is -0.154. The van der Waals surface area contributed by atoms with E-state index in [9.17, 15) is 15.0 Å². The number of esters is 1. The van der Waals surface area contributed by atoms with Crippen molar-refractivity contribution in [2.75, 3.05) is 0 Å². The molecule has 2 aliphatic rings. The van der Waals surface area contributed by atoms with Crippen LogP contribution in [0.25, 0.3) is 0 Å². The summed E-state index contributed by atoms with van der Waals surface area (Å²) in [5.74, 6) is -0.455. The molecule has 0 spiro atoms. The number of ether oxygens (including phenoxy) is 1. The summed E-state index contributed by atoms with van der Waals surface area (Å²) in [6.07, 6.45) is 4.37. The molecule has 0 unspecified atom stereocenters. The zero-order valence-electron chi connectivity index (χ0n) is 15.8. The molecular formula is C20H32O4. The van der Waals surface area contributed by atoms with Gasteiger partial charge in [0.1, 0.15) is 6.10 Å². The van der Waals surface area contributed by atoms with E-state index in [-0.39, 0.29) is 17.8 Å². The van der Waals surface area contributed by atoms with Gasteiger partial charge in [-0.25, -0.2) is 4.79 Å². The van der Waals surface area contributed by atoms with E-state index < -0.39 is 23.2 Å². The van der Waals surface area contributed by atoms with Crippen molar-refractivity contribution in [1.82, 2.24) is 0 Å². The van der Waals surface area contributed by atoms with E-state index in [1.807, 2.05) is 33.8 Å². The zero-order valence-corrected chi connectivity index (χ0v) is 15.8. The van der Waals surface area contributed by atoms with Gasteiger partial charge in [-0.15, -0.1) is 0 Å². The first kappa shape index (κ1) is 19.2. The molecule has 2 N–H and O–H groups in total. The monoisotopic (exact) mass is 336 g/mol. The van der Waals surface area contributed by atoms with E-state index in [0.717, 1.165) is 18.4 Å². The van der Waals surface area contributed by atoms with Crippen molar-refractivity contribution < 1.29 is 19.7 Å². The lowest BCUT2D eigenvalue weighted by Crippen LogP contribution is -2.48. The highest BCUT2D eigenvalue weighted by molar-refractivity contribution is 5.87. The fourth-order valence-corrected chi connectivity index (χ4v) is 4.43. The van der Waals surface area contributed by atoms with Crippen molar-refractivity contribution >= 4 is 5.97 Å². The van der Waals surface area contributed by atoms with Gasteiger partial charge in [-0.05, 0) is 39.5 Å². The van der Waals surface area contributed by atoms with Crippen LogP contribution in [-0.4, -0.2) is 34.0 Å². The van der Waals surface area contributed by atoms with Gasteiger partial charge in [0.25, 0.3) is 0 Å². The number of aliphatic hydroxyl groups is 2. The molecule has 0 aromatic rings. The van der Waals surface area contributed by atoms with Crippen molar-refractivity contribution in [3.63, 3.8) is 0 Å². The van der Waals surface area contributed by atoms with Gasteiger partial charge in [0.15, 0.2) is 0 Å². The predicted molar refractivity (Wildman–Crippen MR) is 94.3 cm³/mol.